The Morgan fingerprint density at radius 3 is 2.83 bits per heavy atom. The van der Waals surface area contributed by atoms with Crippen LogP contribution in [-0.4, -0.2) is 21.7 Å². The number of halogens is 1. The molecular formula is C10H9FN4O2S. The molecule has 94 valence electrons. The van der Waals surface area contributed by atoms with Gasteiger partial charge in [0.2, 0.25) is 0 Å². The molecule has 8 heteroatoms. The van der Waals surface area contributed by atoms with Crippen molar-refractivity contribution >= 4 is 17.0 Å². The number of nitrogens with zero attached hydrogens (tertiary/aromatic N) is 3. The fourth-order valence-corrected chi connectivity index (χ4v) is 2.24. The maximum Gasteiger partial charge on any atom is 0.273 e. The second kappa shape index (κ2) is 5.15. The number of hydrogen-bond acceptors (Lipinski definition) is 6. The van der Waals surface area contributed by atoms with E-state index >= 15 is 0 Å². The maximum absolute atomic E-state index is 13.3. The zero-order valence-electron chi connectivity index (χ0n) is 9.17. The standard InChI is InChI=1S/C10H9FN4O2S/c11-7-3-6(4-8(5-7)15(16)17)10-14-13-9(18-10)1-2-12/h3-5H,1-2,12H2. The Kier molecular flexibility index (Phi) is 3.58. The Morgan fingerprint density at radius 2 is 2.17 bits per heavy atom. The van der Waals surface area contributed by atoms with Crippen molar-refractivity contribution in [1.82, 2.24) is 10.2 Å². The number of nitro groups is 1. The lowest BCUT2D eigenvalue weighted by Crippen LogP contribution is -2.01. The number of rotatable bonds is 4. The fraction of sp³-hybridized carbons (Fsp3) is 0.200. The third-order valence-electron chi connectivity index (χ3n) is 2.17. The van der Waals surface area contributed by atoms with E-state index in [1.165, 1.54) is 23.5 Å². The summed E-state index contributed by atoms with van der Waals surface area (Å²) in [6.07, 6.45) is 0.578. The number of benzene rings is 1. The van der Waals surface area contributed by atoms with Gasteiger partial charge in [0, 0.05) is 18.1 Å². The maximum atomic E-state index is 13.3. The fourth-order valence-electron chi connectivity index (χ4n) is 1.40. The molecule has 6 nitrogen and oxygen atoms in total. The molecule has 0 saturated carbocycles. The molecule has 0 aliphatic heterocycles. The van der Waals surface area contributed by atoms with E-state index in [1.807, 2.05) is 0 Å². The van der Waals surface area contributed by atoms with Crippen LogP contribution in [0.5, 0.6) is 0 Å². The van der Waals surface area contributed by atoms with Gasteiger partial charge in [0.05, 0.1) is 11.0 Å². The van der Waals surface area contributed by atoms with Gasteiger partial charge in [-0.05, 0) is 12.6 Å². The van der Waals surface area contributed by atoms with E-state index in [0.717, 1.165) is 11.1 Å². The first-order valence-corrected chi connectivity index (χ1v) is 5.89. The minimum atomic E-state index is -0.672. The van der Waals surface area contributed by atoms with Crippen LogP contribution >= 0.6 is 11.3 Å². The summed E-state index contributed by atoms with van der Waals surface area (Å²) >= 11 is 1.25. The van der Waals surface area contributed by atoms with E-state index in [1.54, 1.807) is 0 Å². The molecule has 0 bridgehead atoms. The highest BCUT2D eigenvalue weighted by Gasteiger charge is 2.14. The van der Waals surface area contributed by atoms with Crippen molar-refractivity contribution in [1.29, 1.82) is 0 Å². The summed E-state index contributed by atoms with van der Waals surface area (Å²) in [5.41, 5.74) is 5.43. The molecule has 0 amide bonds. The molecule has 1 aromatic heterocycles. The lowest BCUT2D eigenvalue weighted by molar-refractivity contribution is -0.385. The highest BCUT2D eigenvalue weighted by molar-refractivity contribution is 7.14. The minimum absolute atomic E-state index is 0.305. The molecule has 0 aliphatic rings. The number of nitrogens with two attached hydrogens (primary N) is 1. The number of aromatic nitrogens is 2. The smallest absolute Gasteiger partial charge is 0.273 e. The summed E-state index contributed by atoms with van der Waals surface area (Å²) in [5.74, 6) is -0.672. The van der Waals surface area contributed by atoms with Crippen molar-refractivity contribution < 1.29 is 9.31 Å². The van der Waals surface area contributed by atoms with Gasteiger partial charge in [-0.15, -0.1) is 10.2 Å². The van der Waals surface area contributed by atoms with E-state index in [0.29, 0.717) is 23.5 Å². The predicted octanol–water partition coefficient (Wildman–Crippen LogP) is 1.75. The van der Waals surface area contributed by atoms with Gasteiger partial charge in [-0.1, -0.05) is 11.3 Å². The van der Waals surface area contributed by atoms with Crippen LogP contribution in [0.4, 0.5) is 10.1 Å². The Labute approximate surface area is 105 Å². The largest absolute Gasteiger partial charge is 0.330 e. The van der Waals surface area contributed by atoms with Gasteiger partial charge in [-0.3, -0.25) is 10.1 Å². The summed E-state index contributed by atoms with van der Waals surface area (Å²) in [7, 11) is 0. The minimum Gasteiger partial charge on any atom is -0.330 e. The van der Waals surface area contributed by atoms with Crippen LogP contribution in [0.1, 0.15) is 5.01 Å². The van der Waals surface area contributed by atoms with Gasteiger partial charge in [0.15, 0.2) is 0 Å². The predicted molar refractivity (Wildman–Crippen MR) is 64.7 cm³/mol. The van der Waals surface area contributed by atoms with Crippen molar-refractivity contribution in [2.24, 2.45) is 5.73 Å². The van der Waals surface area contributed by atoms with Crippen LogP contribution < -0.4 is 5.73 Å². The average Bonchev–Trinajstić information content (AvgIpc) is 2.77. The second-order valence-electron chi connectivity index (χ2n) is 3.49. The molecule has 1 heterocycles. The van der Waals surface area contributed by atoms with Gasteiger partial charge in [0.25, 0.3) is 5.69 Å². The molecule has 0 aliphatic carbocycles. The number of hydrogen-bond donors (Lipinski definition) is 1. The van der Waals surface area contributed by atoms with E-state index in [9.17, 15) is 14.5 Å². The van der Waals surface area contributed by atoms with Crippen molar-refractivity contribution in [3.8, 4) is 10.6 Å². The number of nitro benzene ring substituents is 1. The normalized spacial score (nSPS) is 10.6. The molecule has 2 rings (SSSR count). The zero-order chi connectivity index (χ0) is 13.1. The third kappa shape index (κ3) is 2.66. The third-order valence-corrected chi connectivity index (χ3v) is 3.20. The first-order chi connectivity index (χ1) is 8.60. The highest BCUT2D eigenvalue weighted by atomic mass is 32.1. The van der Waals surface area contributed by atoms with Gasteiger partial charge in [-0.25, -0.2) is 4.39 Å². The SMILES string of the molecule is NCCc1nnc(-c2cc(F)cc([N+](=O)[O-])c2)s1. The summed E-state index contributed by atoms with van der Waals surface area (Å²) in [4.78, 5) is 9.99. The van der Waals surface area contributed by atoms with Gasteiger partial charge in [-0.2, -0.15) is 0 Å². The molecule has 2 aromatic rings. The highest BCUT2D eigenvalue weighted by Crippen LogP contribution is 2.28. The lowest BCUT2D eigenvalue weighted by Gasteiger charge is -1.96. The number of non-ortho nitro benzene ring substituents is 1. The molecule has 0 saturated heterocycles. The molecule has 0 fully saturated rings. The lowest BCUT2D eigenvalue weighted by atomic mass is 10.2. The first kappa shape index (κ1) is 12.5. The van der Waals surface area contributed by atoms with E-state index in [-0.39, 0.29) is 5.69 Å². The molecule has 18 heavy (non-hydrogen) atoms. The quantitative estimate of drug-likeness (QED) is 0.673. The molecule has 1 aromatic carbocycles. The zero-order valence-corrected chi connectivity index (χ0v) is 9.98. The Bertz CT molecular complexity index is 587. The van der Waals surface area contributed by atoms with Gasteiger partial charge >= 0.3 is 0 Å². The van der Waals surface area contributed by atoms with Crippen molar-refractivity contribution in [3.63, 3.8) is 0 Å². The van der Waals surface area contributed by atoms with Crippen molar-refractivity contribution in [2.75, 3.05) is 6.54 Å². The van der Waals surface area contributed by atoms with Gasteiger partial charge in [0.1, 0.15) is 15.8 Å². The summed E-state index contributed by atoms with van der Waals surface area (Å²) in [6.45, 7) is 0.442. The summed E-state index contributed by atoms with van der Waals surface area (Å²) < 4.78 is 13.3. The van der Waals surface area contributed by atoms with E-state index < -0.39 is 10.7 Å². The molecule has 0 radical (unpaired) electrons. The second-order valence-corrected chi connectivity index (χ2v) is 4.56. The van der Waals surface area contributed by atoms with Crippen LogP contribution in [0.2, 0.25) is 0 Å². The van der Waals surface area contributed by atoms with Crippen LogP contribution in [0.3, 0.4) is 0 Å². The van der Waals surface area contributed by atoms with Crippen molar-refractivity contribution in [2.45, 2.75) is 6.42 Å². The van der Waals surface area contributed by atoms with Gasteiger partial charge < -0.3 is 5.73 Å². The first-order valence-electron chi connectivity index (χ1n) is 5.08. The van der Waals surface area contributed by atoms with Crippen LogP contribution in [0.25, 0.3) is 10.6 Å². The van der Waals surface area contributed by atoms with Crippen LogP contribution in [0.15, 0.2) is 18.2 Å². The Morgan fingerprint density at radius 1 is 1.39 bits per heavy atom. The Hall–Kier alpha value is -1.93. The molecule has 0 unspecified atom stereocenters. The monoisotopic (exact) mass is 268 g/mol. The van der Waals surface area contributed by atoms with Crippen LogP contribution in [-0.2, 0) is 6.42 Å². The molecule has 0 atom stereocenters. The van der Waals surface area contributed by atoms with E-state index in [2.05, 4.69) is 10.2 Å². The topological polar surface area (TPSA) is 94.9 Å². The van der Waals surface area contributed by atoms with Crippen molar-refractivity contribution in [3.05, 3.63) is 39.1 Å². The summed E-state index contributed by atoms with van der Waals surface area (Å²) in [5, 5.41) is 19.6. The van der Waals surface area contributed by atoms with E-state index in [4.69, 9.17) is 5.73 Å². The van der Waals surface area contributed by atoms with Crippen LogP contribution in [0, 0.1) is 15.9 Å². The molecule has 2 N–H and O–H groups in total. The Balaban J connectivity index is 2.39. The average molecular weight is 268 g/mol. The molecular weight excluding hydrogens is 259 g/mol. The molecule has 0 spiro atoms. The summed E-state index contributed by atoms with van der Waals surface area (Å²) in [6, 6.07) is 3.33.